The number of nitrogens with one attached hydrogen (secondary N) is 1. The van der Waals surface area contributed by atoms with Crippen LogP contribution >= 0.6 is 0 Å². The van der Waals surface area contributed by atoms with Crippen LogP contribution in [0.25, 0.3) is 16.8 Å². The van der Waals surface area contributed by atoms with Crippen molar-refractivity contribution in [3.8, 4) is 0 Å². The predicted octanol–water partition coefficient (Wildman–Crippen LogP) is 2.57. The zero-order valence-electron chi connectivity index (χ0n) is 8.08. The number of hydrogen-bond donors (Lipinski definition) is 1. The van der Waals surface area contributed by atoms with Gasteiger partial charge in [-0.25, -0.2) is 0 Å². The number of rotatable bonds is 3. The maximum Gasteiger partial charge on any atom is 0.120 e. The van der Waals surface area contributed by atoms with Gasteiger partial charge in [0.25, 0.3) is 0 Å². The molecule has 0 atom stereocenters. The second-order valence-corrected chi connectivity index (χ2v) is 2.99. The molecule has 72 valence electrons. The van der Waals surface area contributed by atoms with Crippen LogP contribution in [0.15, 0.2) is 31.1 Å². The molecule has 0 bridgehead atoms. The summed E-state index contributed by atoms with van der Waals surface area (Å²) in [6, 6.07) is 3.92. The van der Waals surface area contributed by atoms with Crippen molar-refractivity contribution in [2.24, 2.45) is 0 Å². The van der Waals surface area contributed by atoms with Crippen molar-refractivity contribution in [1.29, 1.82) is 0 Å². The van der Waals surface area contributed by atoms with Crippen molar-refractivity contribution in [3.05, 3.63) is 36.7 Å². The molecular weight excluding hydrogens is 176 g/mol. The third-order valence-electron chi connectivity index (χ3n) is 2.04. The van der Waals surface area contributed by atoms with E-state index in [-0.39, 0.29) is 0 Å². The fraction of sp³-hybridized carbons (Fsp3) is 0.182. The summed E-state index contributed by atoms with van der Waals surface area (Å²) < 4.78 is 5.31. The first-order valence-corrected chi connectivity index (χ1v) is 4.56. The van der Waals surface area contributed by atoms with Crippen molar-refractivity contribution < 1.29 is 4.74 Å². The third kappa shape index (κ3) is 1.48. The number of H-pyrrole nitrogens is 1. The lowest BCUT2D eigenvalue weighted by molar-refractivity contribution is 0.299. The lowest BCUT2D eigenvalue weighted by atomic mass is 10.2. The molecule has 3 nitrogen and oxygen atoms in total. The van der Waals surface area contributed by atoms with Crippen molar-refractivity contribution in [2.75, 3.05) is 6.61 Å². The number of aromatic nitrogens is 2. The number of pyridine rings is 1. The minimum Gasteiger partial charge on any atom is -0.494 e. The third-order valence-corrected chi connectivity index (χ3v) is 2.04. The molecule has 0 unspecified atom stereocenters. The van der Waals surface area contributed by atoms with E-state index in [9.17, 15) is 0 Å². The standard InChI is InChI=1S/C11H12N2O/c1-3-14-8(2)9-6-11-10(13-7-9)4-5-12-11/h4-7,12H,2-3H2,1H3. The van der Waals surface area contributed by atoms with Gasteiger partial charge in [-0.2, -0.15) is 0 Å². The minimum atomic E-state index is 0.627. The molecule has 0 aliphatic rings. The van der Waals surface area contributed by atoms with E-state index in [0.29, 0.717) is 12.4 Å². The Morgan fingerprint density at radius 2 is 2.50 bits per heavy atom. The molecule has 14 heavy (non-hydrogen) atoms. The smallest absolute Gasteiger partial charge is 0.120 e. The molecule has 2 heterocycles. The first kappa shape index (κ1) is 8.81. The Bertz CT molecular complexity index is 459. The van der Waals surface area contributed by atoms with Gasteiger partial charge in [-0.1, -0.05) is 6.58 Å². The van der Waals surface area contributed by atoms with Crippen LogP contribution in [-0.2, 0) is 4.74 Å². The van der Waals surface area contributed by atoms with Gasteiger partial charge in [0.05, 0.1) is 17.6 Å². The summed E-state index contributed by atoms with van der Waals surface area (Å²) >= 11 is 0. The number of ether oxygens (including phenoxy) is 1. The van der Waals surface area contributed by atoms with Crippen LogP contribution in [0.2, 0.25) is 0 Å². The average Bonchev–Trinajstić information content (AvgIpc) is 2.64. The lowest BCUT2D eigenvalue weighted by Gasteiger charge is -2.05. The molecule has 0 aliphatic heterocycles. The molecule has 2 rings (SSSR count). The summed E-state index contributed by atoms with van der Waals surface area (Å²) in [7, 11) is 0. The number of hydrogen-bond acceptors (Lipinski definition) is 2. The predicted molar refractivity (Wildman–Crippen MR) is 56.8 cm³/mol. The highest BCUT2D eigenvalue weighted by atomic mass is 16.5. The Morgan fingerprint density at radius 3 is 3.29 bits per heavy atom. The zero-order chi connectivity index (χ0) is 9.97. The Labute approximate surface area is 82.4 Å². The van der Waals surface area contributed by atoms with Crippen LogP contribution in [0, 0.1) is 0 Å². The van der Waals surface area contributed by atoms with E-state index in [4.69, 9.17) is 4.74 Å². The maximum absolute atomic E-state index is 5.31. The highest BCUT2D eigenvalue weighted by molar-refractivity contribution is 5.78. The second-order valence-electron chi connectivity index (χ2n) is 2.99. The monoisotopic (exact) mass is 188 g/mol. The molecule has 0 spiro atoms. The van der Waals surface area contributed by atoms with E-state index in [2.05, 4.69) is 16.5 Å². The highest BCUT2D eigenvalue weighted by Gasteiger charge is 2.02. The van der Waals surface area contributed by atoms with Crippen LogP contribution < -0.4 is 0 Å². The van der Waals surface area contributed by atoms with Crippen molar-refractivity contribution in [2.45, 2.75) is 6.92 Å². The van der Waals surface area contributed by atoms with Gasteiger partial charge in [0.15, 0.2) is 0 Å². The first-order valence-electron chi connectivity index (χ1n) is 4.56. The van der Waals surface area contributed by atoms with Gasteiger partial charge in [-0.3, -0.25) is 4.98 Å². The fourth-order valence-corrected chi connectivity index (χ4v) is 1.34. The SMILES string of the molecule is C=C(OCC)c1cnc2cc[nH]c2c1. The molecule has 0 fully saturated rings. The van der Waals surface area contributed by atoms with E-state index in [1.54, 1.807) is 6.20 Å². The topological polar surface area (TPSA) is 37.9 Å². The van der Waals surface area contributed by atoms with Gasteiger partial charge < -0.3 is 9.72 Å². The summed E-state index contributed by atoms with van der Waals surface area (Å²) in [5.74, 6) is 0.663. The van der Waals surface area contributed by atoms with Crippen LogP contribution in [0.4, 0.5) is 0 Å². The normalized spacial score (nSPS) is 10.4. The van der Waals surface area contributed by atoms with Gasteiger partial charge in [0.1, 0.15) is 5.76 Å². The Morgan fingerprint density at radius 1 is 1.64 bits per heavy atom. The molecule has 3 heteroatoms. The van der Waals surface area contributed by atoms with Crippen LogP contribution in [-0.4, -0.2) is 16.6 Å². The summed E-state index contributed by atoms with van der Waals surface area (Å²) in [6.07, 6.45) is 3.64. The molecule has 2 aromatic heterocycles. The van der Waals surface area contributed by atoms with Gasteiger partial charge in [0.2, 0.25) is 0 Å². The molecule has 0 amide bonds. The van der Waals surface area contributed by atoms with Crippen molar-refractivity contribution >= 4 is 16.8 Å². The van der Waals surface area contributed by atoms with Gasteiger partial charge >= 0.3 is 0 Å². The summed E-state index contributed by atoms with van der Waals surface area (Å²) in [6.45, 7) is 6.39. The average molecular weight is 188 g/mol. The van der Waals surface area contributed by atoms with Crippen LogP contribution in [0.5, 0.6) is 0 Å². The fourth-order valence-electron chi connectivity index (χ4n) is 1.34. The van der Waals surface area contributed by atoms with Crippen molar-refractivity contribution in [1.82, 2.24) is 9.97 Å². The quantitative estimate of drug-likeness (QED) is 0.752. The van der Waals surface area contributed by atoms with Crippen LogP contribution in [0.3, 0.4) is 0 Å². The largest absolute Gasteiger partial charge is 0.494 e. The molecule has 0 radical (unpaired) electrons. The van der Waals surface area contributed by atoms with Gasteiger partial charge in [-0.15, -0.1) is 0 Å². The highest BCUT2D eigenvalue weighted by Crippen LogP contribution is 2.17. The van der Waals surface area contributed by atoms with Gasteiger partial charge in [-0.05, 0) is 19.1 Å². The van der Waals surface area contributed by atoms with E-state index >= 15 is 0 Å². The van der Waals surface area contributed by atoms with E-state index in [0.717, 1.165) is 16.6 Å². The Balaban J connectivity index is 2.38. The van der Waals surface area contributed by atoms with E-state index in [1.165, 1.54) is 0 Å². The van der Waals surface area contributed by atoms with Crippen molar-refractivity contribution in [3.63, 3.8) is 0 Å². The molecular formula is C11H12N2O. The summed E-state index contributed by atoms with van der Waals surface area (Å²) in [4.78, 5) is 7.37. The number of fused-ring (bicyclic) bond motifs is 1. The molecule has 0 aromatic carbocycles. The zero-order valence-corrected chi connectivity index (χ0v) is 8.08. The minimum absolute atomic E-state index is 0.627. The second kappa shape index (κ2) is 3.54. The molecule has 0 saturated carbocycles. The maximum atomic E-state index is 5.31. The van der Waals surface area contributed by atoms with E-state index < -0.39 is 0 Å². The molecule has 1 N–H and O–H groups in total. The molecule has 0 saturated heterocycles. The first-order chi connectivity index (χ1) is 6.81. The molecule has 2 aromatic rings. The summed E-state index contributed by atoms with van der Waals surface area (Å²) in [5, 5.41) is 0. The van der Waals surface area contributed by atoms with Gasteiger partial charge in [0, 0.05) is 18.0 Å². The number of aromatic amines is 1. The Kier molecular flexibility index (Phi) is 2.23. The lowest BCUT2D eigenvalue weighted by Crippen LogP contribution is -1.90. The Hall–Kier alpha value is -1.77. The molecule has 0 aliphatic carbocycles. The van der Waals surface area contributed by atoms with Crippen LogP contribution in [0.1, 0.15) is 12.5 Å². The van der Waals surface area contributed by atoms with E-state index in [1.807, 2.05) is 25.3 Å². The number of nitrogens with zero attached hydrogens (tertiary/aromatic N) is 1. The summed E-state index contributed by atoms with van der Waals surface area (Å²) in [5.41, 5.74) is 2.88.